The Morgan fingerprint density at radius 2 is 1.77 bits per heavy atom. The van der Waals surface area contributed by atoms with E-state index in [9.17, 15) is 40.4 Å². The zero-order valence-electron chi connectivity index (χ0n) is 25.3. The van der Waals surface area contributed by atoms with E-state index in [1.165, 1.54) is 62.6 Å². The lowest BCUT2D eigenvalue weighted by molar-refractivity contribution is -0.137. The average Bonchev–Trinajstić information content (AvgIpc) is 3.45. The zero-order chi connectivity index (χ0) is 34.4. The number of hydrogen-bond donors (Lipinski definition) is 1. The number of carbonyl (C=O) groups is 1. The predicted octanol–water partition coefficient (Wildman–Crippen LogP) is 6.16. The van der Waals surface area contributed by atoms with Gasteiger partial charge in [0.25, 0.3) is 5.91 Å². The number of hydrogen-bond acceptors (Lipinski definition) is 8. The normalized spacial score (nSPS) is 17.3. The van der Waals surface area contributed by atoms with Gasteiger partial charge in [-0.25, -0.2) is 8.42 Å². The minimum absolute atomic E-state index is 0.0786. The summed E-state index contributed by atoms with van der Waals surface area (Å²) in [7, 11) is -2.10. The summed E-state index contributed by atoms with van der Waals surface area (Å²) in [5.41, 5.74) is 0.280. The monoisotopic (exact) mass is 681 g/mol. The molecule has 15 heteroatoms. The topological polar surface area (TPSA) is 118 Å². The minimum Gasteiger partial charge on any atom is -0.496 e. The smallest absolute Gasteiger partial charge is 0.416 e. The highest BCUT2D eigenvalue weighted by molar-refractivity contribution is 7.91. The second-order valence-corrected chi connectivity index (χ2v) is 12.9. The summed E-state index contributed by atoms with van der Waals surface area (Å²) in [5, 5.41) is 12.2. The van der Waals surface area contributed by atoms with E-state index in [0.29, 0.717) is 11.3 Å². The molecule has 1 aliphatic rings. The third-order valence-corrected chi connectivity index (χ3v) is 9.41. The Hall–Kier alpha value is -4.42. The fraction of sp³-hybridized carbons (Fsp3) is 0.375. The van der Waals surface area contributed by atoms with Crippen LogP contribution < -0.4 is 19.7 Å². The molecule has 9 nitrogen and oxygen atoms in total. The quantitative estimate of drug-likeness (QED) is 0.213. The van der Waals surface area contributed by atoms with E-state index in [0.717, 1.165) is 12.1 Å². The van der Waals surface area contributed by atoms with Crippen LogP contribution in [0.3, 0.4) is 0 Å². The summed E-state index contributed by atoms with van der Waals surface area (Å²) in [4.78, 5) is 15.2. The number of rotatable bonds is 13. The lowest BCUT2D eigenvalue weighted by Gasteiger charge is -2.27. The van der Waals surface area contributed by atoms with Crippen LogP contribution in [0.4, 0.5) is 27.6 Å². The fourth-order valence-electron chi connectivity index (χ4n) is 5.23. The van der Waals surface area contributed by atoms with Crippen molar-refractivity contribution in [3.63, 3.8) is 0 Å². The Balaban J connectivity index is 1.53. The van der Waals surface area contributed by atoms with Crippen LogP contribution in [-0.4, -0.2) is 59.1 Å². The number of amides is 1. The molecule has 1 saturated heterocycles. The molecule has 252 valence electrons. The molecule has 0 bridgehead atoms. The standard InChI is InChI=1S/C32H32F5N3O6S/c1-3-47(42,43)26-11-4-20(5-12-26)28(14-15-38)39-30(41)27-13-8-22(17-29(27)44-2)40-18-25(16-23(40)19-45-31(33)34)46-24-9-6-21(7-10-24)32(35,36)37/h4-13,17,23,25,28,31H,3,14,16,18-19H2,1-2H3,(H,39,41)/t23-,25-,28-/m0/s1. The Morgan fingerprint density at radius 1 is 1.09 bits per heavy atom. The Bertz CT molecular complexity index is 1680. The van der Waals surface area contributed by atoms with Gasteiger partial charge in [-0.2, -0.15) is 27.2 Å². The van der Waals surface area contributed by atoms with Gasteiger partial charge in [-0.1, -0.05) is 19.1 Å². The third kappa shape index (κ3) is 8.89. The number of sulfone groups is 1. The Kier molecular flexibility index (Phi) is 11.3. The van der Waals surface area contributed by atoms with Gasteiger partial charge in [0.2, 0.25) is 0 Å². The first-order valence-corrected chi connectivity index (χ1v) is 16.1. The number of anilines is 1. The molecule has 0 saturated carbocycles. The Labute approximate surface area is 268 Å². The second kappa shape index (κ2) is 15.0. The lowest BCUT2D eigenvalue weighted by Crippen LogP contribution is -2.34. The van der Waals surface area contributed by atoms with Gasteiger partial charge >= 0.3 is 12.8 Å². The molecular formula is C32H32F5N3O6S. The van der Waals surface area contributed by atoms with Crippen LogP contribution in [0.2, 0.25) is 0 Å². The van der Waals surface area contributed by atoms with Crippen LogP contribution in [0, 0.1) is 11.3 Å². The van der Waals surface area contributed by atoms with Crippen molar-refractivity contribution in [2.45, 2.75) is 55.6 Å². The Morgan fingerprint density at radius 3 is 2.34 bits per heavy atom. The maximum absolute atomic E-state index is 13.4. The van der Waals surface area contributed by atoms with Gasteiger partial charge < -0.3 is 24.4 Å². The summed E-state index contributed by atoms with van der Waals surface area (Å²) >= 11 is 0. The molecule has 0 aromatic heterocycles. The van der Waals surface area contributed by atoms with E-state index >= 15 is 0 Å². The van der Waals surface area contributed by atoms with Crippen molar-refractivity contribution in [2.75, 3.05) is 30.9 Å². The van der Waals surface area contributed by atoms with Crippen LogP contribution >= 0.6 is 0 Å². The summed E-state index contributed by atoms with van der Waals surface area (Å²) in [6.45, 7) is -1.71. The zero-order valence-corrected chi connectivity index (χ0v) is 26.2. The van der Waals surface area contributed by atoms with Gasteiger partial charge in [-0.15, -0.1) is 0 Å². The highest BCUT2D eigenvalue weighted by atomic mass is 32.2. The van der Waals surface area contributed by atoms with Crippen molar-refractivity contribution in [1.29, 1.82) is 5.26 Å². The lowest BCUT2D eigenvalue weighted by atomic mass is 10.0. The molecule has 0 radical (unpaired) electrons. The van der Waals surface area contributed by atoms with Crippen LogP contribution in [0.5, 0.6) is 11.5 Å². The summed E-state index contributed by atoms with van der Waals surface area (Å²) < 4.78 is 105. The molecule has 3 aromatic carbocycles. The number of halogens is 5. The maximum Gasteiger partial charge on any atom is 0.416 e. The number of benzene rings is 3. The van der Waals surface area contributed by atoms with Crippen molar-refractivity contribution in [3.8, 4) is 17.6 Å². The van der Waals surface area contributed by atoms with E-state index in [2.05, 4.69) is 10.1 Å². The molecule has 1 amide bonds. The highest BCUT2D eigenvalue weighted by Crippen LogP contribution is 2.35. The van der Waals surface area contributed by atoms with Gasteiger partial charge in [0, 0.05) is 18.2 Å². The molecule has 0 aliphatic carbocycles. The molecule has 3 aromatic rings. The second-order valence-electron chi connectivity index (χ2n) is 10.6. The van der Waals surface area contributed by atoms with Crippen molar-refractivity contribution in [1.82, 2.24) is 5.32 Å². The number of carbonyl (C=O) groups excluding carboxylic acids is 1. The number of ether oxygens (including phenoxy) is 3. The molecule has 1 heterocycles. The molecule has 47 heavy (non-hydrogen) atoms. The molecule has 1 aliphatic heterocycles. The SMILES string of the molecule is CCS(=O)(=O)c1ccc([C@H](CC#N)NC(=O)c2ccc(N3C[C@@H](Oc4ccc(C(F)(F)F)cc4)C[C@H]3COC(F)F)cc2OC)cc1. The molecule has 0 unspecified atom stereocenters. The molecular weight excluding hydrogens is 649 g/mol. The van der Waals surface area contributed by atoms with Gasteiger partial charge in [-0.05, 0) is 54.1 Å². The number of methoxy groups -OCH3 is 1. The first-order valence-electron chi connectivity index (χ1n) is 14.4. The summed E-state index contributed by atoms with van der Waals surface area (Å²) in [6, 6.07) is 15.3. The van der Waals surface area contributed by atoms with Crippen molar-refractivity contribution in [3.05, 3.63) is 83.4 Å². The average molecular weight is 682 g/mol. The summed E-state index contributed by atoms with van der Waals surface area (Å²) in [5.74, 6) is -0.344. The van der Waals surface area contributed by atoms with Crippen molar-refractivity contribution >= 4 is 21.4 Å². The van der Waals surface area contributed by atoms with Gasteiger partial charge in [-0.3, -0.25) is 4.79 Å². The van der Waals surface area contributed by atoms with E-state index in [4.69, 9.17) is 9.47 Å². The first-order chi connectivity index (χ1) is 22.2. The highest BCUT2D eigenvalue weighted by Gasteiger charge is 2.36. The van der Waals surface area contributed by atoms with E-state index in [-0.39, 0.29) is 53.7 Å². The molecule has 3 atom stereocenters. The number of nitrogens with one attached hydrogen (secondary N) is 1. The van der Waals surface area contributed by atoms with Crippen molar-refractivity contribution in [2.24, 2.45) is 0 Å². The van der Waals surface area contributed by atoms with Crippen molar-refractivity contribution < 1.29 is 49.4 Å². The van der Waals surface area contributed by atoms with E-state index < -0.39 is 52.3 Å². The van der Waals surface area contributed by atoms with Gasteiger partial charge in [0.15, 0.2) is 9.84 Å². The molecule has 1 fully saturated rings. The molecule has 0 spiro atoms. The largest absolute Gasteiger partial charge is 0.496 e. The molecule has 1 N–H and O–H groups in total. The molecule has 4 rings (SSSR count). The number of nitriles is 1. The van der Waals surface area contributed by atoms with E-state index in [1.807, 2.05) is 6.07 Å². The number of nitrogens with zero attached hydrogens (tertiary/aromatic N) is 2. The van der Waals surface area contributed by atoms with Gasteiger partial charge in [0.1, 0.15) is 17.6 Å². The van der Waals surface area contributed by atoms with Crippen LogP contribution in [0.1, 0.15) is 47.3 Å². The van der Waals surface area contributed by atoms with Gasteiger partial charge in [0.05, 0.1) is 66.6 Å². The minimum atomic E-state index is -4.51. The first kappa shape index (κ1) is 35.4. The van der Waals surface area contributed by atoms with Crippen LogP contribution in [0.15, 0.2) is 71.6 Å². The summed E-state index contributed by atoms with van der Waals surface area (Å²) in [6.07, 6.45) is -4.99. The van der Waals surface area contributed by atoms with E-state index in [1.54, 1.807) is 11.0 Å². The van der Waals surface area contributed by atoms with Crippen LogP contribution in [-0.2, 0) is 20.8 Å². The predicted molar refractivity (Wildman–Crippen MR) is 161 cm³/mol. The third-order valence-electron chi connectivity index (χ3n) is 7.66. The maximum atomic E-state index is 13.4. The number of alkyl halides is 5. The fourth-order valence-corrected chi connectivity index (χ4v) is 6.12. The van der Waals surface area contributed by atoms with Crippen LogP contribution in [0.25, 0.3) is 0 Å².